The summed E-state index contributed by atoms with van der Waals surface area (Å²) < 4.78 is 21.3. The highest BCUT2D eigenvalue weighted by Crippen LogP contribution is 2.46. The maximum Gasteiger partial charge on any atom is 0.320 e. The van der Waals surface area contributed by atoms with E-state index in [4.69, 9.17) is 9.05 Å². The van der Waals surface area contributed by atoms with Gasteiger partial charge >= 0.3 is 8.25 Å². The molecule has 0 unspecified atom stereocenters. The number of rotatable bonds is 0. The summed E-state index contributed by atoms with van der Waals surface area (Å²) in [5.41, 5.74) is -0.615. The molecule has 0 aromatic rings. The fraction of sp³-hybridized carbons (Fsp3) is 1.00. The Morgan fingerprint density at radius 2 is 1.45 bits per heavy atom. The summed E-state index contributed by atoms with van der Waals surface area (Å²) in [6.07, 6.45) is 0.774. The van der Waals surface area contributed by atoms with E-state index < -0.39 is 8.25 Å². The van der Waals surface area contributed by atoms with Crippen molar-refractivity contribution in [1.29, 1.82) is 0 Å². The zero-order valence-corrected chi connectivity index (χ0v) is 8.43. The molecule has 0 saturated carbocycles. The third-order valence-electron chi connectivity index (χ3n) is 1.57. The summed E-state index contributed by atoms with van der Waals surface area (Å²) in [6.45, 7) is 7.72. The lowest BCUT2D eigenvalue weighted by Gasteiger charge is -2.39. The second-order valence-corrected chi connectivity index (χ2v) is 5.06. The minimum atomic E-state index is -2.26. The van der Waals surface area contributed by atoms with Crippen LogP contribution in [0.15, 0.2) is 0 Å². The molecule has 0 N–H and O–H groups in total. The molecule has 4 heteroatoms. The predicted octanol–water partition coefficient (Wildman–Crippen LogP) is 2.37. The Bertz CT molecular complexity index is 168. The summed E-state index contributed by atoms with van der Waals surface area (Å²) in [6, 6.07) is 0. The van der Waals surface area contributed by atoms with E-state index in [1.807, 2.05) is 27.7 Å². The van der Waals surface area contributed by atoms with Crippen molar-refractivity contribution in [2.75, 3.05) is 0 Å². The number of hydrogen-bond acceptors (Lipinski definition) is 3. The van der Waals surface area contributed by atoms with E-state index in [9.17, 15) is 4.57 Å². The van der Waals surface area contributed by atoms with Gasteiger partial charge in [-0.15, -0.1) is 0 Å². The molecule has 1 aliphatic rings. The Morgan fingerprint density at radius 1 is 1.09 bits per heavy atom. The van der Waals surface area contributed by atoms with Gasteiger partial charge in [-0.3, -0.25) is 4.57 Å². The molecule has 0 amide bonds. The van der Waals surface area contributed by atoms with Crippen LogP contribution in [0, 0.1) is 0 Å². The van der Waals surface area contributed by atoms with Crippen molar-refractivity contribution >= 4 is 8.25 Å². The third-order valence-corrected chi connectivity index (χ3v) is 3.01. The fourth-order valence-corrected chi connectivity index (χ4v) is 2.66. The van der Waals surface area contributed by atoms with Gasteiger partial charge in [0.1, 0.15) is 0 Å². The molecule has 0 spiro atoms. The van der Waals surface area contributed by atoms with E-state index in [0.717, 1.165) is 6.42 Å². The predicted molar refractivity (Wildman–Crippen MR) is 43.9 cm³/mol. The van der Waals surface area contributed by atoms with Crippen molar-refractivity contribution in [3.63, 3.8) is 0 Å². The molecule has 1 fully saturated rings. The van der Waals surface area contributed by atoms with Crippen molar-refractivity contribution in [3.05, 3.63) is 0 Å². The topological polar surface area (TPSA) is 35.5 Å². The van der Waals surface area contributed by atoms with E-state index in [1.54, 1.807) is 0 Å². The highest BCUT2D eigenvalue weighted by molar-refractivity contribution is 7.33. The maximum atomic E-state index is 11.0. The first-order chi connectivity index (χ1) is 4.81. The van der Waals surface area contributed by atoms with Gasteiger partial charge in [-0.1, -0.05) is 0 Å². The Balaban J connectivity index is 2.74. The van der Waals surface area contributed by atoms with Crippen molar-refractivity contribution in [2.24, 2.45) is 0 Å². The molecular weight excluding hydrogens is 163 g/mol. The van der Waals surface area contributed by atoms with Crippen molar-refractivity contribution in [1.82, 2.24) is 0 Å². The van der Waals surface area contributed by atoms with Crippen LogP contribution in [0.1, 0.15) is 34.1 Å². The smallest absolute Gasteiger partial charge is 0.304 e. The van der Waals surface area contributed by atoms with Gasteiger partial charge in [0.15, 0.2) is 0 Å². The summed E-state index contributed by atoms with van der Waals surface area (Å²) in [7, 11) is -2.26. The van der Waals surface area contributed by atoms with Crippen LogP contribution in [-0.2, 0) is 13.6 Å². The van der Waals surface area contributed by atoms with Crippen LogP contribution < -0.4 is 0 Å². The minimum absolute atomic E-state index is 0.308. The summed E-state index contributed by atoms with van der Waals surface area (Å²) in [5.74, 6) is 0. The first-order valence-electron chi connectivity index (χ1n) is 3.73. The Morgan fingerprint density at radius 3 is 1.73 bits per heavy atom. The first-order valence-corrected chi connectivity index (χ1v) is 4.95. The summed E-state index contributed by atoms with van der Waals surface area (Å²) >= 11 is 0. The zero-order valence-electron chi connectivity index (χ0n) is 7.43. The maximum absolute atomic E-state index is 11.0. The molecular formula is C7H15O3P. The molecule has 1 aliphatic heterocycles. The molecule has 3 nitrogen and oxygen atoms in total. The lowest BCUT2D eigenvalue weighted by Crippen LogP contribution is -2.39. The SMILES string of the molecule is CC1(C)CC(C)(C)O[PH](=O)O1. The lowest BCUT2D eigenvalue weighted by molar-refractivity contribution is -0.0507. The molecule has 0 aromatic carbocycles. The average Bonchev–Trinajstić information content (AvgIpc) is 1.49. The fourth-order valence-electron chi connectivity index (χ4n) is 1.57. The molecule has 0 radical (unpaired) electrons. The third kappa shape index (κ3) is 2.58. The van der Waals surface area contributed by atoms with E-state index in [0.29, 0.717) is 0 Å². The van der Waals surface area contributed by atoms with E-state index in [-0.39, 0.29) is 11.2 Å². The molecule has 11 heavy (non-hydrogen) atoms. The van der Waals surface area contributed by atoms with Crippen molar-refractivity contribution < 1.29 is 13.6 Å². The Kier molecular flexibility index (Phi) is 2.17. The first kappa shape index (κ1) is 9.24. The van der Waals surface area contributed by atoms with Gasteiger partial charge in [0.2, 0.25) is 0 Å². The highest BCUT2D eigenvalue weighted by atomic mass is 31.1. The van der Waals surface area contributed by atoms with Crippen molar-refractivity contribution in [3.8, 4) is 0 Å². The minimum Gasteiger partial charge on any atom is -0.304 e. The van der Waals surface area contributed by atoms with Gasteiger partial charge in [0.05, 0.1) is 11.2 Å². The summed E-state index contributed by atoms with van der Waals surface area (Å²) in [4.78, 5) is 0. The molecule has 0 aliphatic carbocycles. The highest BCUT2D eigenvalue weighted by Gasteiger charge is 2.38. The van der Waals surface area contributed by atoms with Gasteiger partial charge in [0, 0.05) is 6.42 Å². The molecule has 0 bridgehead atoms. The van der Waals surface area contributed by atoms with Crippen LogP contribution in [-0.4, -0.2) is 11.2 Å². The van der Waals surface area contributed by atoms with Gasteiger partial charge in [0.25, 0.3) is 0 Å². The summed E-state index contributed by atoms with van der Waals surface area (Å²) in [5, 5.41) is 0. The molecule has 1 saturated heterocycles. The molecule has 0 atom stereocenters. The van der Waals surface area contributed by atoms with Crippen LogP contribution in [0.25, 0.3) is 0 Å². The monoisotopic (exact) mass is 178 g/mol. The normalized spacial score (nSPS) is 30.2. The Labute approximate surface area is 68.0 Å². The van der Waals surface area contributed by atoms with Gasteiger partial charge in [-0.25, -0.2) is 0 Å². The van der Waals surface area contributed by atoms with Crippen LogP contribution in [0.3, 0.4) is 0 Å². The van der Waals surface area contributed by atoms with Crippen LogP contribution >= 0.6 is 8.25 Å². The second-order valence-electron chi connectivity index (χ2n) is 4.15. The van der Waals surface area contributed by atoms with Crippen LogP contribution in [0.5, 0.6) is 0 Å². The second kappa shape index (κ2) is 2.58. The quantitative estimate of drug-likeness (QED) is 0.534. The van der Waals surface area contributed by atoms with Gasteiger partial charge in [-0.2, -0.15) is 0 Å². The van der Waals surface area contributed by atoms with Crippen LogP contribution in [0.2, 0.25) is 0 Å². The molecule has 1 heterocycles. The lowest BCUT2D eigenvalue weighted by atomic mass is 9.93. The van der Waals surface area contributed by atoms with Crippen LogP contribution in [0.4, 0.5) is 0 Å². The van der Waals surface area contributed by atoms with E-state index >= 15 is 0 Å². The van der Waals surface area contributed by atoms with E-state index in [1.165, 1.54) is 0 Å². The molecule has 0 aromatic heterocycles. The zero-order chi connectivity index (χ0) is 8.70. The molecule has 66 valence electrons. The standard InChI is InChI=1S/C7H15O3P/c1-6(2)5-7(3,4)10-11(8)9-6/h11H,5H2,1-4H3. The largest absolute Gasteiger partial charge is 0.320 e. The van der Waals surface area contributed by atoms with E-state index in [2.05, 4.69) is 0 Å². The number of hydrogen-bond donors (Lipinski definition) is 0. The van der Waals surface area contributed by atoms with Crippen molar-refractivity contribution in [2.45, 2.75) is 45.3 Å². The average molecular weight is 178 g/mol. The molecule has 1 rings (SSSR count). The van der Waals surface area contributed by atoms with Gasteiger partial charge in [-0.05, 0) is 27.7 Å². The van der Waals surface area contributed by atoms with Gasteiger partial charge < -0.3 is 9.05 Å². The Hall–Kier alpha value is 0.150.